The smallest absolute Gasteiger partial charge is 0.190 e. The summed E-state index contributed by atoms with van der Waals surface area (Å²) < 4.78 is 0. The number of aryl methyl sites for hydroxylation is 2. The van der Waals surface area contributed by atoms with Crippen LogP contribution in [0.1, 0.15) is 28.8 Å². The van der Waals surface area contributed by atoms with Crippen molar-refractivity contribution in [1.29, 1.82) is 0 Å². The van der Waals surface area contributed by atoms with Gasteiger partial charge in [0.15, 0.2) is 5.16 Å². The first-order valence-electron chi connectivity index (χ1n) is 9.48. The van der Waals surface area contributed by atoms with Crippen molar-refractivity contribution in [3.8, 4) is 0 Å². The fourth-order valence-corrected chi connectivity index (χ4v) is 5.70. The molecule has 1 aliphatic rings. The summed E-state index contributed by atoms with van der Waals surface area (Å²) in [5.74, 6) is 1.02. The van der Waals surface area contributed by atoms with Crippen molar-refractivity contribution in [1.82, 2.24) is 15.0 Å². The monoisotopic (exact) mass is 394 g/mol. The number of hydrogen-bond acceptors (Lipinski definition) is 5. The average Bonchev–Trinajstić information content (AvgIpc) is 3.29. The normalized spacial score (nSPS) is 14.0. The van der Waals surface area contributed by atoms with Crippen LogP contribution >= 0.6 is 23.1 Å². The van der Waals surface area contributed by atoms with Crippen LogP contribution in [-0.4, -0.2) is 27.8 Å². The molecule has 0 fully saturated rings. The van der Waals surface area contributed by atoms with Crippen LogP contribution in [0, 0.1) is 0 Å². The highest BCUT2D eigenvalue weighted by molar-refractivity contribution is 7.98. The summed E-state index contributed by atoms with van der Waals surface area (Å²) in [4.78, 5) is 15.6. The summed E-state index contributed by atoms with van der Waals surface area (Å²) in [6, 6.07) is 8.49. The molecule has 138 valence electrons. The van der Waals surface area contributed by atoms with Gasteiger partial charge < -0.3 is 10.3 Å². The largest absolute Gasteiger partial charge is 0.369 e. The summed E-state index contributed by atoms with van der Waals surface area (Å²) in [7, 11) is 0. The Bertz CT molecular complexity index is 1110. The number of anilines is 1. The number of benzene rings is 1. The second-order valence-corrected chi connectivity index (χ2v) is 8.84. The highest BCUT2D eigenvalue weighted by Crippen LogP contribution is 2.39. The maximum atomic E-state index is 4.82. The van der Waals surface area contributed by atoms with Crippen molar-refractivity contribution in [3.05, 3.63) is 46.5 Å². The maximum Gasteiger partial charge on any atom is 0.190 e. The summed E-state index contributed by atoms with van der Waals surface area (Å²) in [6.45, 7) is 0.867. The number of thiophene rings is 1. The molecule has 4 nitrogen and oxygen atoms in total. The molecule has 0 amide bonds. The molecule has 27 heavy (non-hydrogen) atoms. The van der Waals surface area contributed by atoms with Gasteiger partial charge in [-0.2, -0.15) is 0 Å². The Hall–Kier alpha value is -2.05. The van der Waals surface area contributed by atoms with Crippen LogP contribution in [0.5, 0.6) is 0 Å². The third-order valence-corrected chi connectivity index (χ3v) is 7.07. The summed E-state index contributed by atoms with van der Waals surface area (Å²) in [5.41, 5.74) is 4.04. The molecule has 2 N–H and O–H groups in total. The molecule has 3 aromatic heterocycles. The Morgan fingerprint density at radius 1 is 1.19 bits per heavy atom. The van der Waals surface area contributed by atoms with Crippen LogP contribution < -0.4 is 5.32 Å². The van der Waals surface area contributed by atoms with Crippen LogP contribution in [0.3, 0.4) is 0 Å². The van der Waals surface area contributed by atoms with Gasteiger partial charge in [-0.1, -0.05) is 30.0 Å². The SMILES string of the molecule is CSc1nc(NCCc2c[nH]c3ccccc23)c2c3c(sc2n1)CCCC3. The predicted molar refractivity (Wildman–Crippen MR) is 116 cm³/mol. The van der Waals surface area contributed by atoms with Crippen LogP contribution in [0.4, 0.5) is 5.82 Å². The zero-order valence-corrected chi connectivity index (χ0v) is 17.0. The molecule has 0 spiro atoms. The van der Waals surface area contributed by atoms with Crippen LogP contribution in [0.25, 0.3) is 21.1 Å². The highest BCUT2D eigenvalue weighted by Gasteiger charge is 2.21. The van der Waals surface area contributed by atoms with Crippen LogP contribution in [0.15, 0.2) is 35.6 Å². The van der Waals surface area contributed by atoms with Crippen molar-refractivity contribution in [2.75, 3.05) is 18.1 Å². The van der Waals surface area contributed by atoms with Gasteiger partial charge in [0.05, 0.1) is 5.39 Å². The number of hydrogen-bond donors (Lipinski definition) is 2. The zero-order valence-electron chi connectivity index (χ0n) is 15.3. The van der Waals surface area contributed by atoms with E-state index < -0.39 is 0 Å². The van der Waals surface area contributed by atoms with Gasteiger partial charge in [-0.25, -0.2) is 9.97 Å². The molecular formula is C21H22N4S2. The molecular weight excluding hydrogens is 372 g/mol. The third kappa shape index (κ3) is 3.11. The number of rotatable bonds is 5. The summed E-state index contributed by atoms with van der Waals surface area (Å²) in [5, 5.41) is 7.07. The summed E-state index contributed by atoms with van der Waals surface area (Å²) >= 11 is 3.48. The molecule has 0 saturated heterocycles. The lowest BCUT2D eigenvalue weighted by Crippen LogP contribution is -2.08. The number of fused-ring (bicyclic) bond motifs is 4. The first kappa shape index (κ1) is 17.1. The fourth-order valence-electron chi connectivity index (χ4n) is 4.01. The first-order chi connectivity index (χ1) is 13.3. The number of nitrogens with one attached hydrogen (secondary N) is 2. The highest BCUT2D eigenvalue weighted by atomic mass is 32.2. The first-order valence-corrected chi connectivity index (χ1v) is 11.5. The number of H-pyrrole nitrogens is 1. The van der Waals surface area contributed by atoms with Gasteiger partial charge in [0.1, 0.15) is 10.6 Å². The molecule has 0 aliphatic heterocycles. The number of aromatic nitrogens is 3. The Kier molecular flexibility index (Phi) is 4.53. The van der Waals surface area contributed by atoms with Gasteiger partial charge in [0.25, 0.3) is 0 Å². The van der Waals surface area contributed by atoms with Crippen molar-refractivity contribution in [2.24, 2.45) is 0 Å². The standard InChI is InChI=1S/C21H22N4S2/c1-26-21-24-19(18-15-7-3-5-9-17(15)27-20(18)25-21)22-11-10-13-12-23-16-8-4-2-6-14(13)16/h2,4,6,8,12,23H,3,5,7,9-11H2,1H3,(H,22,24,25). The Labute approximate surface area is 166 Å². The van der Waals surface area contributed by atoms with Crippen molar-refractivity contribution >= 4 is 50.0 Å². The molecule has 1 aliphatic carbocycles. The van der Waals surface area contributed by atoms with Gasteiger partial charge in [0.2, 0.25) is 0 Å². The van der Waals surface area contributed by atoms with Gasteiger partial charge >= 0.3 is 0 Å². The minimum Gasteiger partial charge on any atom is -0.369 e. The second-order valence-electron chi connectivity index (χ2n) is 6.99. The van der Waals surface area contributed by atoms with Gasteiger partial charge in [-0.05, 0) is 55.6 Å². The lowest BCUT2D eigenvalue weighted by molar-refractivity contribution is 0.700. The summed E-state index contributed by atoms with van der Waals surface area (Å²) in [6.07, 6.45) is 10.1. The van der Waals surface area contributed by atoms with E-state index in [1.165, 1.54) is 51.6 Å². The minimum absolute atomic E-state index is 0.857. The van der Waals surface area contributed by atoms with Gasteiger partial charge in [-0.15, -0.1) is 11.3 Å². The quantitative estimate of drug-likeness (QED) is 0.350. The number of aromatic amines is 1. The molecule has 3 heterocycles. The molecule has 0 radical (unpaired) electrons. The van der Waals surface area contributed by atoms with E-state index in [1.807, 2.05) is 17.6 Å². The fraction of sp³-hybridized carbons (Fsp3) is 0.333. The topological polar surface area (TPSA) is 53.6 Å². The Morgan fingerprint density at radius 3 is 3.00 bits per heavy atom. The molecule has 4 aromatic rings. The van der Waals surface area contributed by atoms with Crippen molar-refractivity contribution in [2.45, 2.75) is 37.3 Å². The third-order valence-electron chi connectivity index (χ3n) is 5.34. The van der Waals surface area contributed by atoms with Gasteiger partial charge in [-0.3, -0.25) is 0 Å². The Morgan fingerprint density at radius 2 is 2.07 bits per heavy atom. The van der Waals surface area contributed by atoms with E-state index in [-0.39, 0.29) is 0 Å². The second kappa shape index (κ2) is 7.17. The molecule has 0 saturated carbocycles. The molecule has 5 rings (SSSR count). The zero-order chi connectivity index (χ0) is 18.2. The van der Waals surface area contributed by atoms with E-state index in [0.717, 1.165) is 35.2 Å². The van der Waals surface area contributed by atoms with Crippen LogP contribution in [0.2, 0.25) is 0 Å². The lowest BCUT2D eigenvalue weighted by Gasteiger charge is -2.13. The molecule has 0 atom stereocenters. The number of nitrogens with zero attached hydrogens (tertiary/aromatic N) is 2. The maximum absolute atomic E-state index is 4.82. The number of thioether (sulfide) groups is 1. The minimum atomic E-state index is 0.857. The lowest BCUT2D eigenvalue weighted by atomic mass is 9.97. The molecule has 6 heteroatoms. The molecule has 0 bridgehead atoms. The molecule has 1 aromatic carbocycles. The van der Waals surface area contributed by atoms with Crippen molar-refractivity contribution < 1.29 is 0 Å². The molecule has 0 unspecified atom stereocenters. The van der Waals surface area contributed by atoms with Gasteiger partial charge in [0, 0.05) is 28.5 Å². The van der Waals surface area contributed by atoms with Crippen LogP contribution in [-0.2, 0) is 19.3 Å². The number of para-hydroxylation sites is 1. The van der Waals surface area contributed by atoms with E-state index >= 15 is 0 Å². The predicted octanol–water partition coefficient (Wildman–Crippen LogP) is 5.43. The van der Waals surface area contributed by atoms with E-state index in [4.69, 9.17) is 9.97 Å². The Balaban J connectivity index is 1.44. The van der Waals surface area contributed by atoms with E-state index in [0.29, 0.717) is 0 Å². The van der Waals surface area contributed by atoms with E-state index in [2.05, 4.69) is 40.8 Å². The van der Waals surface area contributed by atoms with E-state index in [9.17, 15) is 0 Å². The van der Waals surface area contributed by atoms with Crippen molar-refractivity contribution in [3.63, 3.8) is 0 Å². The van der Waals surface area contributed by atoms with E-state index in [1.54, 1.807) is 11.8 Å². The average molecular weight is 395 g/mol.